The molecule has 6 heterocycles. The van der Waals surface area contributed by atoms with E-state index in [4.69, 9.17) is 6.57 Å². The predicted octanol–water partition coefficient (Wildman–Crippen LogP) is 14.0. The lowest BCUT2D eigenvalue weighted by Crippen LogP contribution is -2.12. The van der Waals surface area contributed by atoms with E-state index in [1.165, 1.54) is 12.1 Å². The maximum Gasteiger partial charge on any atom is 0.416 e. The molecule has 394 valence electrons. The Kier molecular flexibility index (Phi) is 11.8. The normalized spacial score (nSPS) is 12.1. The molecule has 0 saturated carbocycles. The highest BCUT2D eigenvalue weighted by molar-refractivity contribution is 6.14. The fraction of sp³-hybridized carbons (Fsp3) is 0.169. The molecule has 6 aromatic carbocycles. The first kappa shape index (κ1) is 50.8. The van der Waals surface area contributed by atoms with E-state index in [9.17, 15) is 13.2 Å². The smallest absolute Gasteiger partial charge is 0.308 e. The van der Waals surface area contributed by atoms with Gasteiger partial charge in [0, 0.05) is 43.8 Å². The van der Waals surface area contributed by atoms with Crippen molar-refractivity contribution in [1.29, 1.82) is 0 Å². The number of aromatic nitrogens is 14. The zero-order valence-corrected chi connectivity index (χ0v) is 43.8. The summed E-state index contributed by atoms with van der Waals surface area (Å²) in [4.78, 5) is 58.9. The second-order valence-corrected chi connectivity index (χ2v) is 19.3. The first-order valence-corrected chi connectivity index (χ1v) is 24.9. The van der Waals surface area contributed by atoms with Crippen molar-refractivity contribution >= 4 is 49.3 Å². The molecular weight excluding hydrogens is 1030 g/mol. The van der Waals surface area contributed by atoms with E-state index in [1.54, 1.807) is 55.4 Å². The Hall–Kier alpha value is -9.97. The Morgan fingerprint density at radius 1 is 0.350 bits per heavy atom. The van der Waals surface area contributed by atoms with Crippen molar-refractivity contribution in [2.45, 2.75) is 67.7 Å². The molecule has 12 rings (SSSR count). The number of alkyl halides is 6. The Labute approximate surface area is 451 Å². The standard InChI is InChI=1S/C59H41F6N15/c1-27-67-28(2)72-54(71-27)35-10-15-41-42-16-11-36(55-73-29(3)68-30(4)74-55)21-49(42)79(48(41)20-35)52-25-45(40-19-14-39(58(60,61)62)24-46(40)59(63,64)65)47(66-9)26-53(52)80-50-22-37(56-75-31(5)69-32(6)76-56)12-17-43(50)44-18-13-38(23-51(44)80)57-77-33(7)70-34(8)78-57/h10-26H,1-8H3. The van der Waals surface area contributed by atoms with Crippen LogP contribution in [0.2, 0.25) is 0 Å². The molecule has 0 bridgehead atoms. The Morgan fingerprint density at radius 3 is 0.950 bits per heavy atom. The second-order valence-electron chi connectivity index (χ2n) is 19.3. The van der Waals surface area contributed by atoms with Gasteiger partial charge in [-0.05, 0) is 115 Å². The molecule has 80 heavy (non-hydrogen) atoms. The van der Waals surface area contributed by atoms with Crippen molar-refractivity contribution < 1.29 is 26.3 Å². The maximum absolute atomic E-state index is 15.4. The summed E-state index contributed by atoms with van der Waals surface area (Å²) in [6.45, 7) is 22.7. The highest BCUT2D eigenvalue weighted by atomic mass is 19.4. The zero-order valence-electron chi connectivity index (χ0n) is 43.8. The molecule has 0 atom stereocenters. The lowest BCUT2D eigenvalue weighted by Gasteiger charge is -2.22. The molecule has 0 saturated heterocycles. The van der Waals surface area contributed by atoms with Gasteiger partial charge >= 0.3 is 12.4 Å². The minimum absolute atomic E-state index is 0.0816. The van der Waals surface area contributed by atoms with Gasteiger partial charge in [-0.2, -0.15) is 26.3 Å². The van der Waals surface area contributed by atoms with Gasteiger partial charge in [0.25, 0.3) is 0 Å². The van der Waals surface area contributed by atoms with Crippen LogP contribution in [0.25, 0.3) is 117 Å². The van der Waals surface area contributed by atoms with Crippen molar-refractivity contribution in [3.8, 4) is 68.1 Å². The number of fused-ring (bicyclic) bond motifs is 6. The maximum atomic E-state index is 15.4. The summed E-state index contributed by atoms with van der Waals surface area (Å²) in [6.07, 6.45) is -10.4. The topological polar surface area (TPSA) is 169 Å². The summed E-state index contributed by atoms with van der Waals surface area (Å²) in [5.41, 5.74) is 0.694. The molecule has 21 heteroatoms. The van der Waals surface area contributed by atoms with Crippen LogP contribution >= 0.6 is 0 Å². The van der Waals surface area contributed by atoms with Crippen LogP contribution in [0.5, 0.6) is 0 Å². The van der Waals surface area contributed by atoms with E-state index in [-0.39, 0.29) is 28.7 Å². The highest BCUT2D eigenvalue weighted by Crippen LogP contribution is 2.48. The van der Waals surface area contributed by atoms with Crippen LogP contribution in [0.3, 0.4) is 0 Å². The molecule has 15 nitrogen and oxygen atoms in total. The van der Waals surface area contributed by atoms with Gasteiger partial charge in [0.2, 0.25) is 0 Å². The molecule has 0 spiro atoms. The van der Waals surface area contributed by atoms with Gasteiger partial charge in [0.1, 0.15) is 46.6 Å². The van der Waals surface area contributed by atoms with Gasteiger partial charge in [0.05, 0.1) is 51.1 Å². The van der Waals surface area contributed by atoms with Crippen LogP contribution in [0.4, 0.5) is 32.0 Å². The van der Waals surface area contributed by atoms with Gasteiger partial charge in [-0.3, -0.25) is 0 Å². The van der Waals surface area contributed by atoms with Crippen LogP contribution in [0.1, 0.15) is 57.7 Å². The molecule has 6 aromatic heterocycles. The van der Waals surface area contributed by atoms with Crippen LogP contribution in [0.15, 0.2) is 103 Å². The summed E-state index contributed by atoms with van der Waals surface area (Å²) in [6, 6.07) is 27.0. The molecule has 0 unspecified atom stereocenters. The fourth-order valence-corrected chi connectivity index (χ4v) is 10.5. The fourth-order valence-electron chi connectivity index (χ4n) is 10.5. The number of hydrogen-bond donors (Lipinski definition) is 0. The van der Waals surface area contributed by atoms with Gasteiger partial charge in [-0.25, -0.2) is 64.7 Å². The number of halogens is 6. The first-order valence-electron chi connectivity index (χ1n) is 24.9. The van der Waals surface area contributed by atoms with Crippen LogP contribution in [0, 0.1) is 62.0 Å². The summed E-state index contributed by atoms with van der Waals surface area (Å²) < 4.78 is 93.1. The van der Waals surface area contributed by atoms with Gasteiger partial charge in [-0.15, -0.1) is 0 Å². The third kappa shape index (κ3) is 8.93. The Balaban J connectivity index is 1.29. The average molecular weight is 1070 g/mol. The summed E-state index contributed by atoms with van der Waals surface area (Å²) in [5, 5.41) is 2.85. The van der Waals surface area contributed by atoms with E-state index in [1.807, 2.05) is 81.9 Å². The lowest BCUT2D eigenvalue weighted by atomic mass is 9.94. The number of rotatable bonds is 7. The van der Waals surface area contributed by atoms with Crippen LogP contribution in [-0.2, 0) is 12.4 Å². The number of aryl methyl sites for hydroxylation is 8. The summed E-state index contributed by atoms with van der Waals surface area (Å²) in [7, 11) is 0. The van der Waals surface area contributed by atoms with Gasteiger partial charge in [-0.1, -0.05) is 54.6 Å². The molecule has 0 aliphatic carbocycles. The molecule has 0 N–H and O–H groups in total. The van der Waals surface area contributed by atoms with Crippen LogP contribution < -0.4 is 0 Å². The van der Waals surface area contributed by atoms with Crippen LogP contribution in [-0.4, -0.2) is 68.9 Å². The molecule has 0 amide bonds. The van der Waals surface area contributed by atoms with E-state index in [2.05, 4.69) is 64.7 Å². The number of benzene rings is 6. The van der Waals surface area contributed by atoms with Crippen molar-refractivity contribution in [2.24, 2.45) is 0 Å². The SMILES string of the molecule is [C-]#[N+]c1cc(-n2c3cc(-c4nc(C)nc(C)n4)ccc3c3ccc(-c4nc(C)nc(C)n4)cc32)c(-n2c3cc(-c4nc(C)nc(C)n4)ccc3c3ccc(-c4nc(C)nc(C)n4)cc32)cc1-c1ccc(C(F)(F)F)cc1C(F)(F)F. The molecule has 0 fully saturated rings. The molecule has 12 aromatic rings. The summed E-state index contributed by atoms with van der Waals surface area (Å²) in [5.74, 6) is 5.25. The van der Waals surface area contributed by atoms with Gasteiger partial charge in [0.15, 0.2) is 29.0 Å². The Morgan fingerprint density at radius 2 is 0.662 bits per heavy atom. The quantitative estimate of drug-likeness (QED) is 0.110. The molecule has 0 radical (unpaired) electrons. The third-order valence-corrected chi connectivity index (χ3v) is 13.6. The largest absolute Gasteiger partial charge is 0.416 e. The third-order valence-electron chi connectivity index (χ3n) is 13.6. The van der Waals surface area contributed by atoms with Crippen molar-refractivity contribution in [3.05, 3.63) is 172 Å². The molecular formula is C59H41F6N15. The highest BCUT2D eigenvalue weighted by Gasteiger charge is 2.39. The minimum atomic E-state index is -5.30. The monoisotopic (exact) mass is 1070 g/mol. The average Bonchev–Trinajstić information content (AvgIpc) is 4.08. The lowest BCUT2D eigenvalue weighted by molar-refractivity contribution is -0.142. The molecule has 0 aliphatic heterocycles. The van der Waals surface area contributed by atoms with E-state index in [0.717, 1.165) is 16.8 Å². The number of nitrogens with zero attached hydrogens (tertiary/aromatic N) is 15. The van der Waals surface area contributed by atoms with Crippen molar-refractivity contribution in [3.63, 3.8) is 0 Å². The van der Waals surface area contributed by atoms with E-state index < -0.39 is 29.0 Å². The van der Waals surface area contributed by atoms with Crippen molar-refractivity contribution in [2.75, 3.05) is 0 Å². The predicted molar refractivity (Wildman–Crippen MR) is 290 cm³/mol. The first-order chi connectivity index (χ1) is 38.1. The summed E-state index contributed by atoms with van der Waals surface area (Å²) >= 11 is 0. The van der Waals surface area contributed by atoms with Crippen molar-refractivity contribution in [1.82, 2.24) is 68.9 Å². The zero-order chi connectivity index (χ0) is 56.3. The van der Waals surface area contributed by atoms with E-state index in [0.29, 0.717) is 131 Å². The van der Waals surface area contributed by atoms with Gasteiger partial charge < -0.3 is 9.13 Å². The van der Waals surface area contributed by atoms with E-state index >= 15 is 13.2 Å². The Bertz CT molecular complexity index is 4350. The molecule has 0 aliphatic rings. The second kappa shape index (κ2) is 18.6. The minimum Gasteiger partial charge on any atom is -0.308 e. The number of hydrogen-bond acceptors (Lipinski definition) is 12.